The molecule has 6 heteroatoms. The number of H-pyrrole nitrogens is 1. The normalized spacial score (nSPS) is 9.90. The summed E-state index contributed by atoms with van der Waals surface area (Å²) in [5.74, 6) is 4.60. The largest absolute Gasteiger partial charge is 0.328 e. The highest BCUT2D eigenvalue weighted by atomic mass is 19.1. The fraction of sp³-hybridized carbons (Fsp3) is 0.143. The van der Waals surface area contributed by atoms with Gasteiger partial charge < -0.3 is 5.73 Å². The monoisotopic (exact) mass is 273 g/mol. The zero-order valence-corrected chi connectivity index (χ0v) is 10.5. The minimum atomic E-state index is -1.02. The van der Waals surface area contributed by atoms with E-state index in [1.807, 2.05) is 11.1 Å². The highest BCUT2D eigenvalue weighted by Gasteiger charge is 2.04. The van der Waals surface area contributed by atoms with Crippen LogP contribution in [0.15, 0.2) is 40.1 Å². The van der Waals surface area contributed by atoms with Crippen LogP contribution in [-0.4, -0.2) is 16.1 Å². The van der Waals surface area contributed by atoms with E-state index in [4.69, 9.17) is 5.73 Å². The van der Waals surface area contributed by atoms with Crippen LogP contribution in [0.2, 0.25) is 0 Å². The van der Waals surface area contributed by atoms with Crippen molar-refractivity contribution in [2.75, 3.05) is 6.54 Å². The molecule has 1 heterocycles. The Kier molecular flexibility index (Phi) is 4.13. The fourth-order valence-electron chi connectivity index (χ4n) is 1.70. The molecule has 0 spiro atoms. The molecule has 0 fully saturated rings. The van der Waals surface area contributed by atoms with E-state index < -0.39 is 17.1 Å². The molecule has 0 aliphatic carbocycles. The Morgan fingerprint density at radius 3 is 2.90 bits per heavy atom. The first-order valence-corrected chi connectivity index (χ1v) is 5.87. The van der Waals surface area contributed by atoms with E-state index in [9.17, 15) is 14.0 Å². The molecule has 102 valence electrons. The van der Waals surface area contributed by atoms with Gasteiger partial charge in [-0.25, -0.2) is 4.79 Å². The van der Waals surface area contributed by atoms with Crippen LogP contribution in [0.1, 0.15) is 11.1 Å². The number of nitrogens with zero attached hydrogens (tertiary/aromatic N) is 1. The van der Waals surface area contributed by atoms with E-state index in [-0.39, 0.29) is 13.1 Å². The number of aromatic nitrogens is 2. The molecule has 0 bridgehead atoms. The molecule has 0 amide bonds. The third-order valence-electron chi connectivity index (χ3n) is 2.58. The maximum absolute atomic E-state index is 13.2. The molecule has 0 unspecified atom stereocenters. The number of nitrogens with two attached hydrogens (primary N) is 1. The summed E-state index contributed by atoms with van der Waals surface area (Å²) in [7, 11) is 0. The number of aromatic amines is 1. The van der Waals surface area contributed by atoms with Gasteiger partial charge >= 0.3 is 5.69 Å². The third kappa shape index (κ3) is 3.22. The first-order chi connectivity index (χ1) is 9.60. The van der Waals surface area contributed by atoms with E-state index in [2.05, 4.69) is 11.8 Å². The van der Waals surface area contributed by atoms with Crippen molar-refractivity contribution >= 4 is 0 Å². The summed E-state index contributed by atoms with van der Waals surface area (Å²) >= 11 is 0. The maximum Gasteiger partial charge on any atom is 0.328 e. The minimum absolute atomic E-state index is 0.144. The quantitative estimate of drug-likeness (QED) is 0.758. The predicted octanol–water partition coefficient (Wildman–Crippen LogP) is 0.0342. The number of rotatable bonds is 2. The molecule has 1 aromatic heterocycles. The summed E-state index contributed by atoms with van der Waals surface area (Å²) in [6.07, 6.45) is 0.888. The molecule has 0 radical (unpaired) electrons. The SMILES string of the molecule is NCC#Cc1cccc(Cn2cc(F)c(=O)[nH]c2=O)c1. The van der Waals surface area contributed by atoms with Crippen molar-refractivity contribution in [3.05, 3.63) is 68.2 Å². The van der Waals surface area contributed by atoms with Gasteiger partial charge in [-0.1, -0.05) is 24.0 Å². The molecule has 0 saturated carbocycles. The Morgan fingerprint density at radius 1 is 1.35 bits per heavy atom. The topological polar surface area (TPSA) is 80.9 Å². The van der Waals surface area contributed by atoms with E-state index in [0.29, 0.717) is 0 Å². The first-order valence-electron chi connectivity index (χ1n) is 5.87. The molecule has 2 aromatic rings. The molecule has 0 aliphatic rings. The molecule has 3 N–H and O–H groups in total. The number of halogens is 1. The zero-order chi connectivity index (χ0) is 14.5. The lowest BCUT2D eigenvalue weighted by Crippen LogP contribution is -2.31. The van der Waals surface area contributed by atoms with Crippen molar-refractivity contribution in [3.63, 3.8) is 0 Å². The Labute approximate surface area is 113 Å². The standard InChI is InChI=1S/C14H12FN3O2/c15-12-9-18(14(20)17-13(12)19)8-11-4-1-3-10(7-11)5-2-6-16/h1,3-4,7,9H,6,8,16H2,(H,17,19,20). The number of benzene rings is 1. The van der Waals surface area contributed by atoms with Crippen molar-refractivity contribution in [3.8, 4) is 11.8 Å². The fourth-order valence-corrected chi connectivity index (χ4v) is 1.70. The smallest absolute Gasteiger partial charge is 0.320 e. The van der Waals surface area contributed by atoms with Crippen LogP contribution < -0.4 is 17.0 Å². The summed E-state index contributed by atoms with van der Waals surface area (Å²) in [4.78, 5) is 24.4. The van der Waals surface area contributed by atoms with Crippen LogP contribution in [0.5, 0.6) is 0 Å². The lowest BCUT2D eigenvalue weighted by Gasteiger charge is -2.05. The van der Waals surface area contributed by atoms with Crippen LogP contribution in [0.25, 0.3) is 0 Å². The van der Waals surface area contributed by atoms with Crippen molar-refractivity contribution in [1.82, 2.24) is 9.55 Å². The molecule has 0 atom stereocenters. The Bertz CT molecular complexity index is 796. The molecular weight excluding hydrogens is 261 g/mol. The maximum atomic E-state index is 13.2. The number of hydrogen-bond acceptors (Lipinski definition) is 3. The molecule has 1 aromatic carbocycles. The summed E-state index contributed by atoms with van der Waals surface area (Å²) < 4.78 is 14.3. The van der Waals surface area contributed by atoms with Gasteiger partial charge in [0.05, 0.1) is 19.3 Å². The highest BCUT2D eigenvalue weighted by Crippen LogP contribution is 2.05. The molecule has 5 nitrogen and oxygen atoms in total. The van der Waals surface area contributed by atoms with Gasteiger partial charge in [0.2, 0.25) is 5.82 Å². The van der Waals surface area contributed by atoms with Gasteiger partial charge in [0.25, 0.3) is 5.56 Å². The van der Waals surface area contributed by atoms with E-state index in [1.54, 1.807) is 18.2 Å². The number of hydrogen-bond donors (Lipinski definition) is 2. The van der Waals surface area contributed by atoms with Crippen molar-refractivity contribution in [1.29, 1.82) is 0 Å². The van der Waals surface area contributed by atoms with Crippen molar-refractivity contribution in [2.45, 2.75) is 6.54 Å². The summed E-state index contributed by atoms with van der Waals surface area (Å²) in [5.41, 5.74) is 5.14. The Balaban J connectivity index is 2.33. The van der Waals surface area contributed by atoms with E-state index >= 15 is 0 Å². The van der Waals surface area contributed by atoms with Crippen LogP contribution >= 0.6 is 0 Å². The Hall–Kier alpha value is -2.65. The van der Waals surface area contributed by atoms with Crippen molar-refractivity contribution < 1.29 is 4.39 Å². The van der Waals surface area contributed by atoms with Gasteiger partial charge in [0, 0.05) is 5.56 Å². The van der Waals surface area contributed by atoms with E-state index in [1.165, 1.54) is 0 Å². The van der Waals surface area contributed by atoms with Gasteiger partial charge in [0.15, 0.2) is 0 Å². The highest BCUT2D eigenvalue weighted by molar-refractivity contribution is 5.37. The number of nitrogens with one attached hydrogen (secondary N) is 1. The van der Waals surface area contributed by atoms with Crippen LogP contribution in [0.4, 0.5) is 4.39 Å². The van der Waals surface area contributed by atoms with E-state index in [0.717, 1.165) is 21.9 Å². The predicted molar refractivity (Wildman–Crippen MR) is 72.8 cm³/mol. The van der Waals surface area contributed by atoms with Gasteiger partial charge in [-0.2, -0.15) is 4.39 Å². The lowest BCUT2D eigenvalue weighted by molar-refractivity contribution is 0.566. The van der Waals surface area contributed by atoms with Gasteiger partial charge in [-0.3, -0.25) is 14.3 Å². The Morgan fingerprint density at radius 2 is 2.15 bits per heavy atom. The molecule has 0 aliphatic heterocycles. The average Bonchev–Trinajstić information content (AvgIpc) is 2.43. The summed E-state index contributed by atoms with van der Waals surface area (Å²) in [6, 6.07) is 7.15. The van der Waals surface area contributed by atoms with Gasteiger partial charge in [0.1, 0.15) is 0 Å². The van der Waals surface area contributed by atoms with Gasteiger partial charge in [-0.15, -0.1) is 0 Å². The van der Waals surface area contributed by atoms with Crippen LogP contribution in [-0.2, 0) is 6.54 Å². The van der Waals surface area contributed by atoms with Crippen LogP contribution in [0, 0.1) is 17.7 Å². The second-order valence-electron chi connectivity index (χ2n) is 4.07. The van der Waals surface area contributed by atoms with Gasteiger partial charge in [-0.05, 0) is 17.7 Å². The zero-order valence-electron chi connectivity index (χ0n) is 10.5. The molecule has 2 rings (SSSR count). The minimum Gasteiger partial charge on any atom is -0.320 e. The summed E-state index contributed by atoms with van der Waals surface area (Å²) in [6.45, 7) is 0.402. The second kappa shape index (κ2) is 5.99. The first kappa shape index (κ1) is 13.8. The molecule has 0 saturated heterocycles. The second-order valence-corrected chi connectivity index (χ2v) is 4.07. The average molecular weight is 273 g/mol. The molecular formula is C14H12FN3O2. The third-order valence-corrected chi connectivity index (χ3v) is 2.58. The van der Waals surface area contributed by atoms with Crippen molar-refractivity contribution in [2.24, 2.45) is 5.73 Å². The summed E-state index contributed by atoms with van der Waals surface area (Å²) in [5, 5.41) is 0. The molecule has 20 heavy (non-hydrogen) atoms. The lowest BCUT2D eigenvalue weighted by atomic mass is 10.1. The van der Waals surface area contributed by atoms with Crippen LogP contribution in [0.3, 0.4) is 0 Å².